The van der Waals surface area contributed by atoms with Gasteiger partial charge in [0.25, 0.3) is 0 Å². The molecule has 0 N–H and O–H groups in total. The monoisotopic (exact) mass is 1070 g/mol. The van der Waals surface area contributed by atoms with Crippen LogP contribution in [-0.2, 0) is 6.42 Å². The minimum Gasteiger partial charge on any atom is -0.454 e. The predicted octanol–water partition coefficient (Wildman–Crippen LogP) is 23.1. The lowest BCUT2D eigenvalue weighted by Crippen LogP contribution is -2.11. The molecule has 0 fully saturated rings. The van der Waals surface area contributed by atoms with E-state index in [0.29, 0.717) is 0 Å². The van der Waals surface area contributed by atoms with Crippen LogP contribution in [0, 0.1) is 27.7 Å². The summed E-state index contributed by atoms with van der Waals surface area (Å²) in [4.78, 5) is 7.05. The Kier molecular flexibility index (Phi) is 15.7. The summed E-state index contributed by atoms with van der Waals surface area (Å²) in [6.45, 7) is 11.3. The van der Waals surface area contributed by atoms with Crippen molar-refractivity contribution < 1.29 is 4.42 Å². The van der Waals surface area contributed by atoms with Gasteiger partial charge in [-0.25, -0.2) is 0 Å². The standard InChI is InChI=1S/C78H71N3O/c1-6-7-8-9-10-14-24-59-35-41-65(42-36-59)80(67-45-39-61(40-46-67)75-54-57(4)74(53-58(75)5)60-37-43-66(44-38-60)79(62-25-15-11-16-26-62)63-27-17-12-18-28-63)68-47-49-70(55(2)51-68)71-50-48-69(52-56(71)3)81(64-29-19-13-20-30-64)76-33-23-32-73-72-31-21-22-34-77(72)82-78(73)76/h11-13,15-23,25-54H,6-10,14,24H2,1-5H3. The van der Waals surface area contributed by atoms with Gasteiger partial charge in [0.05, 0.1) is 5.69 Å². The van der Waals surface area contributed by atoms with E-state index in [1.54, 1.807) is 0 Å². The van der Waals surface area contributed by atoms with Crippen LogP contribution in [0.2, 0.25) is 0 Å². The van der Waals surface area contributed by atoms with Crippen LogP contribution in [-0.4, -0.2) is 0 Å². The lowest BCUT2D eigenvalue weighted by molar-refractivity contribution is 0.607. The third-order valence-electron chi connectivity index (χ3n) is 16.4. The topological polar surface area (TPSA) is 22.9 Å². The second-order valence-electron chi connectivity index (χ2n) is 22.0. The minimum absolute atomic E-state index is 0.875. The van der Waals surface area contributed by atoms with Gasteiger partial charge in [-0.2, -0.15) is 0 Å². The molecule has 0 radical (unpaired) electrons. The zero-order chi connectivity index (χ0) is 55.9. The number of nitrogens with zero attached hydrogens (tertiary/aromatic N) is 3. The van der Waals surface area contributed by atoms with Crippen LogP contribution in [0.1, 0.15) is 73.3 Å². The van der Waals surface area contributed by atoms with Gasteiger partial charge in [-0.3, -0.25) is 0 Å². The summed E-state index contributed by atoms with van der Waals surface area (Å²) in [5.74, 6) is 0. The number of para-hydroxylation sites is 5. The Labute approximate surface area is 485 Å². The first kappa shape index (κ1) is 53.3. The van der Waals surface area contributed by atoms with Crippen LogP contribution in [0.4, 0.5) is 51.2 Å². The Bertz CT molecular complexity index is 4070. The van der Waals surface area contributed by atoms with Crippen molar-refractivity contribution in [2.24, 2.45) is 0 Å². The molecule has 0 amide bonds. The highest BCUT2D eigenvalue weighted by molar-refractivity contribution is 6.10. The molecule has 1 aromatic heterocycles. The first-order chi connectivity index (χ1) is 40.3. The Morgan fingerprint density at radius 2 is 0.707 bits per heavy atom. The maximum Gasteiger partial charge on any atom is 0.159 e. The van der Waals surface area contributed by atoms with Crippen molar-refractivity contribution >= 4 is 73.1 Å². The molecule has 4 heteroatoms. The van der Waals surface area contributed by atoms with E-state index in [1.165, 1.54) is 99.7 Å². The molecule has 404 valence electrons. The fraction of sp³-hybridized carbons (Fsp3) is 0.154. The Morgan fingerprint density at radius 1 is 0.305 bits per heavy atom. The molecule has 4 nitrogen and oxygen atoms in total. The van der Waals surface area contributed by atoms with Crippen LogP contribution < -0.4 is 14.7 Å². The van der Waals surface area contributed by atoms with E-state index in [-0.39, 0.29) is 0 Å². The highest BCUT2D eigenvalue weighted by Crippen LogP contribution is 2.45. The SMILES string of the molecule is CCCCCCCCc1ccc(N(c2ccc(-c3cc(C)c(-c4ccc(N(c5ccccc5)c5ccccc5)cc4)cc3C)cc2)c2ccc(-c3ccc(N(c4ccccc4)c4cccc5c4oc4ccccc45)cc3C)c(C)c2)cc1. The predicted molar refractivity (Wildman–Crippen MR) is 350 cm³/mol. The summed E-state index contributed by atoms with van der Waals surface area (Å²) in [6, 6.07) is 92.6. The van der Waals surface area contributed by atoms with E-state index in [4.69, 9.17) is 4.42 Å². The van der Waals surface area contributed by atoms with Crippen LogP contribution in [0.15, 0.2) is 259 Å². The molecule has 0 saturated carbocycles. The Balaban J connectivity index is 0.842. The second kappa shape index (κ2) is 24.1. The molecule has 1 heterocycles. The third-order valence-corrected chi connectivity index (χ3v) is 16.4. The number of rotatable bonds is 19. The number of unbranched alkanes of at least 4 members (excludes halogenated alkanes) is 5. The maximum atomic E-state index is 6.61. The molecule has 0 aliphatic rings. The molecule has 0 atom stereocenters. The number of fused-ring (bicyclic) bond motifs is 3. The molecule has 12 aromatic rings. The summed E-state index contributed by atoms with van der Waals surface area (Å²) < 4.78 is 6.61. The van der Waals surface area contributed by atoms with Gasteiger partial charge in [0.2, 0.25) is 0 Å². The Morgan fingerprint density at radius 3 is 1.23 bits per heavy atom. The zero-order valence-corrected chi connectivity index (χ0v) is 47.9. The van der Waals surface area contributed by atoms with Crippen LogP contribution in [0.3, 0.4) is 0 Å². The summed E-state index contributed by atoms with van der Waals surface area (Å²) in [5.41, 5.74) is 25.3. The van der Waals surface area contributed by atoms with Gasteiger partial charge in [-0.05, 0) is 211 Å². The van der Waals surface area contributed by atoms with Gasteiger partial charge in [-0.1, -0.05) is 185 Å². The van der Waals surface area contributed by atoms with Gasteiger partial charge in [0.15, 0.2) is 5.58 Å². The normalized spacial score (nSPS) is 11.3. The average Bonchev–Trinajstić information content (AvgIpc) is 4.05. The molecule has 0 aliphatic carbocycles. The number of aryl methyl sites for hydroxylation is 5. The van der Waals surface area contributed by atoms with E-state index in [2.05, 4.69) is 298 Å². The van der Waals surface area contributed by atoms with Crippen LogP contribution in [0.25, 0.3) is 55.3 Å². The molecule has 0 spiro atoms. The van der Waals surface area contributed by atoms with Gasteiger partial charge < -0.3 is 19.1 Å². The molecule has 0 aliphatic heterocycles. The number of benzene rings is 11. The van der Waals surface area contributed by atoms with Gasteiger partial charge in [-0.15, -0.1) is 0 Å². The lowest BCUT2D eigenvalue weighted by atomic mass is 9.91. The smallest absolute Gasteiger partial charge is 0.159 e. The highest BCUT2D eigenvalue weighted by atomic mass is 16.3. The van der Waals surface area contributed by atoms with Gasteiger partial charge in [0, 0.05) is 56.3 Å². The van der Waals surface area contributed by atoms with Gasteiger partial charge in [0.1, 0.15) is 5.58 Å². The first-order valence-corrected chi connectivity index (χ1v) is 29.4. The second-order valence-corrected chi connectivity index (χ2v) is 22.0. The number of hydrogen-bond donors (Lipinski definition) is 0. The molecule has 11 aromatic carbocycles. The average molecular weight is 1070 g/mol. The van der Waals surface area contributed by atoms with E-state index in [0.717, 1.165) is 79.5 Å². The number of furan rings is 1. The van der Waals surface area contributed by atoms with Crippen molar-refractivity contribution in [1.29, 1.82) is 0 Å². The molecule has 0 bridgehead atoms. The summed E-state index contributed by atoms with van der Waals surface area (Å²) in [6.07, 6.45) is 8.89. The lowest BCUT2D eigenvalue weighted by Gasteiger charge is -2.27. The molecular formula is C78H71N3O. The molecule has 0 saturated heterocycles. The van der Waals surface area contributed by atoms with Crippen molar-refractivity contribution in [3.05, 3.63) is 283 Å². The fourth-order valence-corrected chi connectivity index (χ4v) is 12.1. The van der Waals surface area contributed by atoms with E-state index in [9.17, 15) is 0 Å². The van der Waals surface area contributed by atoms with Crippen molar-refractivity contribution in [1.82, 2.24) is 0 Å². The summed E-state index contributed by atoms with van der Waals surface area (Å²) >= 11 is 0. The van der Waals surface area contributed by atoms with Crippen molar-refractivity contribution in [3.8, 4) is 33.4 Å². The third kappa shape index (κ3) is 11.1. The first-order valence-electron chi connectivity index (χ1n) is 29.4. The molecule has 12 rings (SSSR count). The van der Waals surface area contributed by atoms with E-state index < -0.39 is 0 Å². The number of hydrogen-bond acceptors (Lipinski definition) is 4. The quantitative estimate of drug-likeness (QED) is 0.0753. The van der Waals surface area contributed by atoms with Crippen molar-refractivity contribution in [2.45, 2.75) is 79.6 Å². The summed E-state index contributed by atoms with van der Waals surface area (Å²) in [5, 5.41) is 2.23. The fourth-order valence-electron chi connectivity index (χ4n) is 12.1. The van der Waals surface area contributed by atoms with E-state index in [1.807, 2.05) is 6.07 Å². The zero-order valence-electron chi connectivity index (χ0n) is 47.9. The van der Waals surface area contributed by atoms with Gasteiger partial charge >= 0.3 is 0 Å². The molecule has 0 unspecified atom stereocenters. The highest BCUT2D eigenvalue weighted by Gasteiger charge is 2.22. The summed E-state index contributed by atoms with van der Waals surface area (Å²) in [7, 11) is 0. The molecular weight excluding hydrogens is 995 g/mol. The number of anilines is 9. The van der Waals surface area contributed by atoms with E-state index >= 15 is 0 Å². The van der Waals surface area contributed by atoms with Crippen molar-refractivity contribution in [2.75, 3.05) is 14.7 Å². The minimum atomic E-state index is 0.875. The van der Waals surface area contributed by atoms with Crippen molar-refractivity contribution in [3.63, 3.8) is 0 Å². The maximum absolute atomic E-state index is 6.61. The molecule has 82 heavy (non-hydrogen) atoms. The Hall–Kier alpha value is -9.38. The van der Waals surface area contributed by atoms with Crippen LogP contribution in [0.5, 0.6) is 0 Å². The van der Waals surface area contributed by atoms with Crippen LogP contribution >= 0.6 is 0 Å². The largest absolute Gasteiger partial charge is 0.454 e.